The molecule has 2 N–H and O–H groups in total. The average Bonchev–Trinajstić information content (AvgIpc) is 3.69. The van der Waals surface area contributed by atoms with Gasteiger partial charge >= 0.3 is 18.7 Å². The highest BCUT2D eigenvalue weighted by molar-refractivity contribution is 6.31. The predicted octanol–water partition coefficient (Wildman–Crippen LogP) is 6.43. The molecule has 4 aromatic heterocycles. The fraction of sp³-hybridized carbons (Fsp3) is 0.267. The summed E-state index contributed by atoms with van der Waals surface area (Å²) >= 11 is 12.3. The number of rotatable bonds is 4. The second-order valence-electron chi connectivity index (χ2n) is 10.9. The van der Waals surface area contributed by atoms with Gasteiger partial charge in [-0.2, -0.15) is 27.1 Å². The maximum atomic E-state index is 13.9. The Morgan fingerprint density at radius 2 is 1.82 bits per heavy atom. The number of hydrogen-bond acceptors (Lipinski definition) is 8. The van der Waals surface area contributed by atoms with Crippen LogP contribution in [0.2, 0.25) is 10.2 Å². The van der Waals surface area contributed by atoms with E-state index >= 15 is 0 Å². The number of pyridine rings is 1. The van der Waals surface area contributed by atoms with Crippen molar-refractivity contribution >= 4 is 40.8 Å². The Morgan fingerprint density at radius 1 is 1.08 bits per heavy atom. The van der Waals surface area contributed by atoms with Gasteiger partial charge in [0, 0.05) is 34.3 Å². The van der Waals surface area contributed by atoms with Crippen LogP contribution >= 0.6 is 23.2 Å². The predicted molar refractivity (Wildman–Crippen MR) is 169 cm³/mol. The van der Waals surface area contributed by atoms with Crippen LogP contribution in [0.3, 0.4) is 0 Å². The highest BCUT2D eigenvalue weighted by atomic mass is 35.5. The van der Waals surface area contributed by atoms with E-state index in [0.717, 1.165) is 0 Å². The van der Waals surface area contributed by atoms with E-state index in [2.05, 4.69) is 30.7 Å². The van der Waals surface area contributed by atoms with Crippen LogP contribution in [0.25, 0.3) is 28.2 Å². The lowest BCUT2D eigenvalue weighted by molar-refractivity contribution is -0.192. The average molecular weight is 740 g/mol. The Kier molecular flexibility index (Phi) is 10.6. The van der Waals surface area contributed by atoms with Crippen LogP contribution in [0.4, 0.5) is 27.6 Å². The van der Waals surface area contributed by atoms with Crippen molar-refractivity contribution in [3.63, 3.8) is 0 Å². The van der Waals surface area contributed by atoms with Crippen molar-refractivity contribution in [1.29, 1.82) is 0 Å². The lowest BCUT2D eigenvalue weighted by atomic mass is 9.97. The topological polar surface area (TPSA) is 163 Å². The number of benzene rings is 1. The van der Waals surface area contributed by atoms with Gasteiger partial charge in [0.2, 0.25) is 5.91 Å². The summed E-state index contributed by atoms with van der Waals surface area (Å²) in [6.07, 6.45) is 2.06. The van der Waals surface area contributed by atoms with Gasteiger partial charge in [-0.1, -0.05) is 41.8 Å². The van der Waals surface area contributed by atoms with E-state index in [1.54, 1.807) is 37.3 Å². The molecule has 0 fully saturated rings. The number of carboxylic acids is 1. The summed E-state index contributed by atoms with van der Waals surface area (Å²) in [6.45, 7) is -1.18. The standard InChI is InChI=1S/C28H23Cl2F2N9O2.C2HF3O2/c1-15-3-2-4-23(20-9-16(7-8-33-20)26-21(36-27(15)43)12-35-41(26)28(31)32)39-14-34-19(11-25(39)42)18-10-17(29)5-6-22(18)40-13-24(30)37-38-40;3-2(4,5)1(6)7/h5-15,23,28H,2-4H2,1H3,(H,36,43);(H,6,7)/t15-,23+;/m1./s1. The molecule has 0 spiro atoms. The zero-order valence-electron chi connectivity index (χ0n) is 25.5. The van der Waals surface area contributed by atoms with Crippen LogP contribution < -0.4 is 10.9 Å². The van der Waals surface area contributed by atoms with Crippen LogP contribution in [0.1, 0.15) is 44.5 Å². The third-order valence-corrected chi connectivity index (χ3v) is 7.97. The first-order chi connectivity index (χ1) is 23.6. The van der Waals surface area contributed by atoms with Gasteiger partial charge in [0.1, 0.15) is 0 Å². The summed E-state index contributed by atoms with van der Waals surface area (Å²) in [4.78, 5) is 44.5. The maximum Gasteiger partial charge on any atom is 0.490 e. The number of halogens is 7. The summed E-state index contributed by atoms with van der Waals surface area (Å²) < 4.78 is 63.0. The molecular formula is C30H24Cl2F5N9O4. The molecule has 13 nitrogen and oxygen atoms in total. The van der Waals surface area contributed by atoms with E-state index in [1.807, 2.05) is 0 Å². The van der Waals surface area contributed by atoms with Crippen LogP contribution in [-0.2, 0) is 9.59 Å². The number of amides is 1. The Labute approximate surface area is 288 Å². The number of aliphatic carboxylic acids is 1. The van der Waals surface area contributed by atoms with E-state index in [1.165, 1.54) is 40.2 Å². The van der Waals surface area contributed by atoms with Gasteiger partial charge in [-0.25, -0.2) is 19.1 Å². The van der Waals surface area contributed by atoms with Gasteiger partial charge < -0.3 is 10.4 Å². The quantitative estimate of drug-likeness (QED) is 0.198. The van der Waals surface area contributed by atoms with Crippen LogP contribution in [0, 0.1) is 5.92 Å². The number of nitrogens with zero attached hydrogens (tertiary/aromatic N) is 8. The number of nitrogens with one attached hydrogen (secondary N) is 1. The molecule has 262 valence electrons. The number of carbonyl (C=O) groups excluding carboxylic acids is 1. The molecule has 50 heavy (non-hydrogen) atoms. The van der Waals surface area contributed by atoms with Crippen molar-refractivity contribution < 1.29 is 36.6 Å². The molecule has 1 aromatic carbocycles. The molecule has 0 saturated carbocycles. The Hall–Kier alpha value is -5.23. The van der Waals surface area contributed by atoms with Crippen molar-refractivity contribution in [2.75, 3.05) is 5.32 Å². The molecule has 0 unspecified atom stereocenters. The van der Waals surface area contributed by atoms with E-state index in [0.29, 0.717) is 57.2 Å². The minimum Gasteiger partial charge on any atom is -0.475 e. The maximum absolute atomic E-state index is 13.9. The fourth-order valence-electron chi connectivity index (χ4n) is 5.17. The molecule has 1 aliphatic rings. The minimum absolute atomic E-state index is 0.0426. The molecular weight excluding hydrogens is 716 g/mol. The monoisotopic (exact) mass is 739 g/mol. The van der Waals surface area contributed by atoms with Gasteiger partial charge in [0.25, 0.3) is 5.56 Å². The van der Waals surface area contributed by atoms with Gasteiger partial charge in [0.15, 0.2) is 5.15 Å². The molecule has 5 aromatic rings. The summed E-state index contributed by atoms with van der Waals surface area (Å²) in [7, 11) is 0. The number of carbonyl (C=O) groups is 2. The number of anilines is 1. The summed E-state index contributed by atoms with van der Waals surface area (Å²) in [5, 5.41) is 22.1. The molecule has 0 aliphatic carbocycles. The molecule has 5 heterocycles. The highest BCUT2D eigenvalue weighted by Gasteiger charge is 2.38. The summed E-state index contributed by atoms with van der Waals surface area (Å²) in [6, 6.07) is 9.03. The highest BCUT2D eigenvalue weighted by Crippen LogP contribution is 2.35. The first-order valence-corrected chi connectivity index (χ1v) is 15.3. The number of alkyl halides is 5. The number of carboxylic acid groups (broad SMARTS) is 1. The summed E-state index contributed by atoms with van der Waals surface area (Å²) in [5.74, 6) is -3.49. The first kappa shape index (κ1) is 36.1. The van der Waals surface area contributed by atoms with E-state index in [4.69, 9.17) is 33.1 Å². The molecule has 0 saturated heterocycles. The van der Waals surface area contributed by atoms with Gasteiger partial charge in [-0.15, -0.1) is 5.10 Å². The van der Waals surface area contributed by atoms with Crippen LogP contribution in [0.15, 0.2) is 66.1 Å². The normalized spacial score (nSPS) is 16.4. The lowest BCUT2D eigenvalue weighted by Crippen LogP contribution is -2.27. The zero-order chi connectivity index (χ0) is 36.3. The summed E-state index contributed by atoms with van der Waals surface area (Å²) in [5.41, 5.74) is 2.11. The molecule has 1 amide bonds. The van der Waals surface area contributed by atoms with Crippen molar-refractivity contribution in [3.8, 4) is 28.2 Å². The minimum atomic E-state index is -5.08. The molecule has 20 heteroatoms. The molecule has 2 bridgehead atoms. The third kappa shape index (κ3) is 7.97. The number of hydrogen-bond donors (Lipinski definition) is 2. The molecule has 0 radical (unpaired) electrons. The first-order valence-electron chi connectivity index (χ1n) is 14.5. The van der Waals surface area contributed by atoms with E-state index in [9.17, 15) is 31.5 Å². The van der Waals surface area contributed by atoms with Gasteiger partial charge in [0.05, 0.1) is 53.2 Å². The van der Waals surface area contributed by atoms with E-state index in [-0.39, 0.29) is 28.0 Å². The molecule has 2 atom stereocenters. The second kappa shape index (κ2) is 14.7. The Bertz CT molecular complexity index is 2100. The zero-order valence-corrected chi connectivity index (χ0v) is 27.0. The van der Waals surface area contributed by atoms with Gasteiger partial charge in [-0.3, -0.25) is 19.1 Å². The SMILES string of the molecule is C[C@@H]1CCC[C@H](n2cnc(-c3cc(Cl)ccc3-n3cc(Cl)nn3)cc2=O)c2cc(ccn2)-c2c(cnn2C(F)F)NC1=O.O=C(O)C(F)(F)F. The van der Waals surface area contributed by atoms with Crippen molar-refractivity contribution in [3.05, 3.63) is 87.5 Å². The van der Waals surface area contributed by atoms with Gasteiger partial charge in [-0.05, 0) is 43.2 Å². The second-order valence-corrected chi connectivity index (χ2v) is 11.7. The number of fused-ring (bicyclic) bond motifs is 4. The van der Waals surface area contributed by atoms with E-state index < -0.39 is 30.7 Å². The fourth-order valence-corrected chi connectivity index (χ4v) is 5.47. The van der Waals surface area contributed by atoms with Crippen LogP contribution in [-0.4, -0.2) is 62.5 Å². The number of aromatic nitrogens is 8. The third-order valence-electron chi connectivity index (χ3n) is 7.56. The van der Waals surface area contributed by atoms with Crippen LogP contribution in [0.5, 0.6) is 0 Å². The Morgan fingerprint density at radius 3 is 2.46 bits per heavy atom. The van der Waals surface area contributed by atoms with Crippen molar-refractivity contribution in [2.24, 2.45) is 5.92 Å². The molecule has 6 rings (SSSR count). The Balaban J connectivity index is 0.000000630. The lowest BCUT2D eigenvalue weighted by Gasteiger charge is -2.22. The largest absolute Gasteiger partial charge is 0.490 e. The van der Waals surface area contributed by atoms with Crippen molar-refractivity contribution in [2.45, 2.75) is 45.0 Å². The smallest absolute Gasteiger partial charge is 0.475 e. The molecule has 1 aliphatic heterocycles. The van der Waals surface area contributed by atoms with Crippen molar-refractivity contribution in [1.82, 2.24) is 39.3 Å².